The van der Waals surface area contributed by atoms with Crippen LogP contribution in [0.4, 0.5) is 0 Å². The van der Waals surface area contributed by atoms with E-state index in [4.69, 9.17) is 5.26 Å². The molecule has 0 spiro atoms. The molecule has 0 heterocycles. The van der Waals surface area contributed by atoms with E-state index in [9.17, 15) is 9.90 Å². The zero-order valence-corrected chi connectivity index (χ0v) is 12.6. The first-order chi connectivity index (χ1) is 9.87. The Hall–Kier alpha value is -1.86. The first-order valence-corrected chi connectivity index (χ1v) is 7.39. The van der Waals surface area contributed by atoms with Gasteiger partial charge in [0.1, 0.15) is 0 Å². The number of nitrogens with zero attached hydrogens (tertiary/aromatic N) is 1. The maximum absolute atomic E-state index is 12.5. The van der Waals surface area contributed by atoms with Gasteiger partial charge in [0.2, 0.25) is 5.91 Å². The van der Waals surface area contributed by atoms with Crippen molar-refractivity contribution in [2.75, 3.05) is 6.54 Å². The number of hydrogen-bond acceptors (Lipinski definition) is 3. The SMILES string of the molecule is CC(C)(C(=O)NCC1(O)CCCC1)c1cccc(C#N)c1. The normalized spacial score (nSPS) is 17.2. The molecule has 0 unspecified atom stereocenters. The minimum atomic E-state index is -0.750. The first kappa shape index (κ1) is 15.5. The fourth-order valence-corrected chi connectivity index (χ4v) is 2.78. The van der Waals surface area contributed by atoms with Gasteiger partial charge in [0.15, 0.2) is 0 Å². The van der Waals surface area contributed by atoms with Crippen LogP contribution in [0.3, 0.4) is 0 Å². The third-order valence-electron chi connectivity index (χ3n) is 4.39. The van der Waals surface area contributed by atoms with Gasteiger partial charge in [-0.3, -0.25) is 4.79 Å². The molecule has 0 aromatic heterocycles. The number of hydrogen-bond donors (Lipinski definition) is 2. The van der Waals surface area contributed by atoms with E-state index in [0.717, 1.165) is 31.2 Å². The standard InChI is InChI=1S/C17H22N2O2/c1-16(2,14-7-5-6-13(10-14)11-18)15(20)19-12-17(21)8-3-4-9-17/h5-7,10,21H,3-4,8-9,12H2,1-2H3,(H,19,20). The lowest BCUT2D eigenvalue weighted by Crippen LogP contribution is -2.47. The second-order valence-electron chi connectivity index (χ2n) is 6.43. The number of rotatable bonds is 4. The van der Waals surface area contributed by atoms with Crippen molar-refractivity contribution in [2.45, 2.75) is 50.5 Å². The van der Waals surface area contributed by atoms with Gasteiger partial charge in [0.05, 0.1) is 22.6 Å². The van der Waals surface area contributed by atoms with Gasteiger partial charge in [-0.1, -0.05) is 25.0 Å². The second kappa shape index (κ2) is 5.87. The van der Waals surface area contributed by atoms with Crippen molar-refractivity contribution in [3.8, 4) is 6.07 Å². The molecule has 0 atom stereocenters. The Labute approximate surface area is 125 Å². The summed E-state index contributed by atoms with van der Waals surface area (Å²) in [6, 6.07) is 9.19. The van der Waals surface area contributed by atoms with Crippen molar-refractivity contribution in [3.05, 3.63) is 35.4 Å². The van der Waals surface area contributed by atoms with Crippen molar-refractivity contribution in [1.29, 1.82) is 5.26 Å². The summed E-state index contributed by atoms with van der Waals surface area (Å²) >= 11 is 0. The lowest BCUT2D eigenvalue weighted by molar-refractivity contribution is -0.126. The van der Waals surface area contributed by atoms with Crippen molar-refractivity contribution >= 4 is 5.91 Å². The Bertz CT molecular complexity index is 566. The van der Waals surface area contributed by atoms with Crippen LogP contribution < -0.4 is 5.32 Å². The van der Waals surface area contributed by atoms with Crippen LogP contribution in [-0.2, 0) is 10.2 Å². The van der Waals surface area contributed by atoms with Gasteiger partial charge < -0.3 is 10.4 Å². The van der Waals surface area contributed by atoms with Crippen molar-refractivity contribution < 1.29 is 9.90 Å². The molecular weight excluding hydrogens is 264 g/mol. The van der Waals surface area contributed by atoms with Crippen LogP contribution in [0.1, 0.15) is 50.7 Å². The number of benzene rings is 1. The van der Waals surface area contributed by atoms with Crippen LogP contribution in [-0.4, -0.2) is 23.2 Å². The van der Waals surface area contributed by atoms with Crippen LogP contribution >= 0.6 is 0 Å². The van der Waals surface area contributed by atoms with Crippen LogP contribution in [0, 0.1) is 11.3 Å². The van der Waals surface area contributed by atoms with Gasteiger partial charge in [-0.05, 0) is 44.4 Å². The summed E-state index contributed by atoms with van der Waals surface area (Å²) < 4.78 is 0. The van der Waals surface area contributed by atoms with Gasteiger partial charge in [-0.15, -0.1) is 0 Å². The topological polar surface area (TPSA) is 73.1 Å². The molecule has 112 valence electrons. The smallest absolute Gasteiger partial charge is 0.230 e. The molecule has 4 heteroatoms. The molecule has 0 bridgehead atoms. The van der Waals surface area contributed by atoms with E-state index in [1.807, 2.05) is 19.9 Å². The summed E-state index contributed by atoms with van der Waals surface area (Å²) in [5, 5.41) is 22.1. The summed E-state index contributed by atoms with van der Waals surface area (Å²) in [6.07, 6.45) is 3.52. The van der Waals surface area contributed by atoms with E-state index in [2.05, 4.69) is 11.4 Å². The Morgan fingerprint density at radius 1 is 1.43 bits per heavy atom. The fourth-order valence-electron chi connectivity index (χ4n) is 2.78. The quantitative estimate of drug-likeness (QED) is 0.891. The van der Waals surface area contributed by atoms with E-state index in [-0.39, 0.29) is 5.91 Å². The van der Waals surface area contributed by atoms with Crippen molar-refractivity contribution in [3.63, 3.8) is 0 Å². The molecule has 1 aromatic carbocycles. The number of amides is 1. The average molecular weight is 286 g/mol. The Kier molecular flexibility index (Phi) is 4.34. The molecule has 2 N–H and O–H groups in total. The van der Waals surface area contributed by atoms with Gasteiger partial charge in [-0.25, -0.2) is 0 Å². The number of carbonyl (C=O) groups is 1. The highest BCUT2D eigenvalue weighted by molar-refractivity contribution is 5.87. The predicted octanol–water partition coefficient (Wildman–Crippen LogP) is 2.26. The van der Waals surface area contributed by atoms with E-state index in [1.54, 1.807) is 18.2 Å². The van der Waals surface area contributed by atoms with Crippen molar-refractivity contribution in [2.24, 2.45) is 0 Å². The van der Waals surface area contributed by atoms with Gasteiger partial charge in [-0.2, -0.15) is 5.26 Å². The van der Waals surface area contributed by atoms with Gasteiger partial charge >= 0.3 is 0 Å². The average Bonchev–Trinajstić information content (AvgIpc) is 2.92. The van der Waals surface area contributed by atoms with Crippen LogP contribution in [0.15, 0.2) is 24.3 Å². The number of carbonyl (C=O) groups excluding carboxylic acids is 1. The maximum atomic E-state index is 12.5. The highest BCUT2D eigenvalue weighted by atomic mass is 16.3. The lowest BCUT2D eigenvalue weighted by Gasteiger charge is -2.28. The first-order valence-electron chi connectivity index (χ1n) is 7.39. The van der Waals surface area contributed by atoms with Crippen molar-refractivity contribution in [1.82, 2.24) is 5.32 Å². The lowest BCUT2D eigenvalue weighted by atomic mass is 9.83. The highest BCUT2D eigenvalue weighted by Gasteiger charge is 2.35. The van der Waals surface area contributed by atoms with E-state index >= 15 is 0 Å². The highest BCUT2D eigenvalue weighted by Crippen LogP contribution is 2.29. The minimum Gasteiger partial charge on any atom is -0.388 e. The molecule has 1 aromatic rings. The molecule has 1 fully saturated rings. The van der Waals surface area contributed by atoms with E-state index in [1.165, 1.54) is 0 Å². The molecule has 4 nitrogen and oxygen atoms in total. The second-order valence-corrected chi connectivity index (χ2v) is 6.43. The Balaban J connectivity index is 2.07. The van der Waals surface area contributed by atoms with Gasteiger partial charge in [0.25, 0.3) is 0 Å². The van der Waals surface area contributed by atoms with Crippen LogP contribution in [0.2, 0.25) is 0 Å². The fraction of sp³-hybridized carbons (Fsp3) is 0.529. The Morgan fingerprint density at radius 3 is 2.71 bits per heavy atom. The van der Waals surface area contributed by atoms with Crippen LogP contribution in [0.5, 0.6) is 0 Å². The summed E-state index contributed by atoms with van der Waals surface area (Å²) in [6.45, 7) is 3.96. The molecule has 2 rings (SSSR count). The largest absolute Gasteiger partial charge is 0.388 e. The molecule has 0 saturated heterocycles. The van der Waals surface area contributed by atoms with Crippen LogP contribution in [0.25, 0.3) is 0 Å². The zero-order valence-electron chi connectivity index (χ0n) is 12.6. The van der Waals surface area contributed by atoms with E-state index < -0.39 is 11.0 Å². The summed E-state index contributed by atoms with van der Waals surface area (Å²) in [5.41, 5.74) is -0.137. The predicted molar refractivity (Wildman–Crippen MR) is 80.6 cm³/mol. The third-order valence-corrected chi connectivity index (χ3v) is 4.39. The molecule has 0 aliphatic heterocycles. The minimum absolute atomic E-state index is 0.127. The van der Waals surface area contributed by atoms with Gasteiger partial charge in [0, 0.05) is 6.54 Å². The molecule has 1 aliphatic rings. The maximum Gasteiger partial charge on any atom is 0.230 e. The third kappa shape index (κ3) is 3.43. The summed E-state index contributed by atoms with van der Waals surface area (Å²) in [4.78, 5) is 12.5. The molecule has 21 heavy (non-hydrogen) atoms. The molecule has 0 radical (unpaired) electrons. The van der Waals surface area contributed by atoms with E-state index in [0.29, 0.717) is 12.1 Å². The number of nitrogens with one attached hydrogen (secondary N) is 1. The monoisotopic (exact) mass is 286 g/mol. The summed E-state index contributed by atoms with van der Waals surface area (Å²) in [5.74, 6) is -0.127. The Morgan fingerprint density at radius 2 is 2.10 bits per heavy atom. The number of nitriles is 1. The molecule has 1 aliphatic carbocycles. The number of aliphatic hydroxyl groups is 1. The zero-order chi connectivity index (χ0) is 15.5. The molecule has 1 amide bonds. The summed E-state index contributed by atoms with van der Waals surface area (Å²) in [7, 11) is 0. The molecule has 1 saturated carbocycles. The molecular formula is C17H22N2O2.